The molecule has 120 valence electrons. The maximum absolute atomic E-state index is 12.8. The third kappa shape index (κ3) is 5.37. The van der Waals surface area contributed by atoms with Crippen LogP contribution in [0.15, 0.2) is 24.3 Å². The smallest absolute Gasteiger partial charge is 0.166 e. The van der Waals surface area contributed by atoms with E-state index < -0.39 is 11.7 Å². The minimum absolute atomic E-state index is 0.0315. The van der Waals surface area contributed by atoms with Gasteiger partial charge in [0.2, 0.25) is 0 Å². The van der Waals surface area contributed by atoms with E-state index in [1.165, 1.54) is 12.1 Å². The average Bonchev–Trinajstić information content (AvgIpc) is 2.37. The van der Waals surface area contributed by atoms with Crippen LogP contribution < -0.4 is 0 Å². The Bertz CT molecular complexity index is 460. The van der Waals surface area contributed by atoms with Gasteiger partial charge in [0.25, 0.3) is 0 Å². The molecule has 1 aromatic rings. The Labute approximate surface area is 126 Å². The zero-order valence-corrected chi connectivity index (χ0v) is 13.8. The SMILES string of the molecule is CCC(C)(C)CC(C)(CC)Cc1cccc(C(F)(F)F)c1. The number of alkyl halides is 3. The van der Waals surface area contributed by atoms with E-state index in [0.717, 1.165) is 30.9 Å². The summed E-state index contributed by atoms with van der Waals surface area (Å²) in [5, 5.41) is 0. The van der Waals surface area contributed by atoms with Gasteiger partial charge >= 0.3 is 6.18 Å². The van der Waals surface area contributed by atoms with Crippen molar-refractivity contribution in [3.8, 4) is 0 Å². The van der Waals surface area contributed by atoms with Gasteiger partial charge in [0.1, 0.15) is 0 Å². The van der Waals surface area contributed by atoms with Gasteiger partial charge in [0.05, 0.1) is 5.56 Å². The molecule has 0 aliphatic rings. The van der Waals surface area contributed by atoms with Crippen LogP contribution in [0.5, 0.6) is 0 Å². The number of rotatable bonds is 6. The zero-order chi connectivity index (χ0) is 16.3. The van der Waals surface area contributed by atoms with Gasteiger partial charge in [-0.3, -0.25) is 0 Å². The minimum atomic E-state index is -4.26. The fourth-order valence-corrected chi connectivity index (χ4v) is 2.94. The summed E-state index contributed by atoms with van der Waals surface area (Å²) in [6.45, 7) is 10.9. The minimum Gasteiger partial charge on any atom is -0.166 e. The molecule has 0 heterocycles. The summed E-state index contributed by atoms with van der Waals surface area (Å²) in [6.07, 6.45) is -0.515. The largest absolute Gasteiger partial charge is 0.416 e. The molecular weight excluding hydrogens is 273 g/mol. The van der Waals surface area contributed by atoms with Gasteiger partial charge in [-0.05, 0) is 35.3 Å². The fraction of sp³-hybridized carbons (Fsp3) is 0.667. The molecule has 1 atom stereocenters. The molecule has 0 N–H and O–H groups in total. The van der Waals surface area contributed by atoms with Crippen molar-refractivity contribution in [3.63, 3.8) is 0 Å². The lowest BCUT2D eigenvalue weighted by Gasteiger charge is -2.37. The van der Waals surface area contributed by atoms with E-state index in [4.69, 9.17) is 0 Å². The van der Waals surface area contributed by atoms with Crippen LogP contribution in [0.25, 0.3) is 0 Å². The summed E-state index contributed by atoms with van der Waals surface area (Å²) in [7, 11) is 0. The maximum atomic E-state index is 12.8. The molecule has 1 unspecified atom stereocenters. The molecule has 0 amide bonds. The normalized spacial score (nSPS) is 15.8. The molecule has 0 saturated heterocycles. The molecule has 0 nitrogen and oxygen atoms in total. The molecule has 0 fully saturated rings. The second-order valence-corrected chi connectivity index (χ2v) is 7.23. The van der Waals surface area contributed by atoms with Crippen LogP contribution >= 0.6 is 0 Å². The molecule has 0 saturated carbocycles. The highest BCUT2D eigenvalue weighted by Crippen LogP contribution is 2.41. The summed E-state index contributed by atoms with van der Waals surface area (Å²) in [5.41, 5.74) is 0.477. The third-order valence-electron chi connectivity index (χ3n) is 4.60. The lowest BCUT2D eigenvalue weighted by atomic mass is 9.68. The van der Waals surface area contributed by atoms with Crippen molar-refractivity contribution in [2.24, 2.45) is 10.8 Å². The average molecular weight is 300 g/mol. The van der Waals surface area contributed by atoms with Crippen LogP contribution in [0.3, 0.4) is 0 Å². The first-order chi connectivity index (χ1) is 9.51. The molecular formula is C18H27F3. The lowest BCUT2D eigenvalue weighted by Crippen LogP contribution is -2.27. The summed E-state index contributed by atoms with van der Waals surface area (Å²) in [5.74, 6) is 0. The van der Waals surface area contributed by atoms with Crippen LogP contribution in [0, 0.1) is 10.8 Å². The molecule has 0 spiro atoms. The van der Waals surface area contributed by atoms with E-state index in [1.807, 2.05) is 6.07 Å². The van der Waals surface area contributed by atoms with Gasteiger partial charge in [0.15, 0.2) is 0 Å². The van der Waals surface area contributed by atoms with E-state index >= 15 is 0 Å². The third-order valence-corrected chi connectivity index (χ3v) is 4.60. The van der Waals surface area contributed by atoms with E-state index in [0.29, 0.717) is 6.42 Å². The molecule has 1 aromatic carbocycles. The molecule has 1 rings (SSSR count). The van der Waals surface area contributed by atoms with Gasteiger partial charge in [-0.25, -0.2) is 0 Å². The van der Waals surface area contributed by atoms with E-state index in [2.05, 4.69) is 34.6 Å². The molecule has 21 heavy (non-hydrogen) atoms. The molecule has 0 bridgehead atoms. The first-order valence-electron chi connectivity index (χ1n) is 7.67. The molecule has 0 aliphatic heterocycles. The Morgan fingerprint density at radius 1 is 0.952 bits per heavy atom. The molecule has 0 aromatic heterocycles. The van der Waals surface area contributed by atoms with Gasteiger partial charge in [0, 0.05) is 0 Å². The van der Waals surface area contributed by atoms with Gasteiger partial charge in [-0.2, -0.15) is 13.2 Å². The highest BCUT2D eigenvalue weighted by Gasteiger charge is 2.33. The molecule has 0 aliphatic carbocycles. The van der Waals surface area contributed by atoms with Crippen LogP contribution in [-0.4, -0.2) is 0 Å². The monoisotopic (exact) mass is 300 g/mol. The Hall–Kier alpha value is -0.990. The first-order valence-corrected chi connectivity index (χ1v) is 7.67. The van der Waals surface area contributed by atoms with Crippen molar-refractivity contribution < 1.29 is 13.2 Å². The predicted octanol–water partition coefficient (Wildman–Crippen LogP) is 6.49. The van der Waals surface area contributed by atoms with Crippen molar-refractivity contribution in [2.75, 3.05) is 0 Å². The Kier molecular flexibility index (Phi) is 5.51. The Balaban J connectivity index is 2.96. The first kappa shape index (κ1) is 18.1. The Morgan fingerprint density at radius 3 is 2.05 bits per heavy atom. The molecule has 3 heteroatoms. The van der Waals surface area contributed by atoms with Crippen molar-refractivity contribution >= 4 is 0 Å². The van der Waals surface area contributed by atoms with Crippen molar-refractivity contribution in [2.45, 2.75) is 66.5 Å². The topological polar surface area (TPSA) is 0 Å². The maximum Gasteiger partial charge on any atom is 0.416 e. The summed E-state index contributed by atoms with van der Waals surface area (Å²) in [4.78, 5) is 0. The van der Waals surface area contributed by atoms with E-state index in [-0.39, 0.29) is 10.8 Å². The highest BCUT2D eigenvalue weighted by molar-refractivity contribution is 5.26. The predicted molar refractivity (Wildman–Crippen MR) is 82.2 cm³/mol. The van der Waals surface area contributed by atoms with Crippen molar-refractivity contribution in [1.82, 2.24) is 0 Å². The summed E-state index contributed by atoms with van der Waals surface area (Å²) in [6, 6.07) is 5.76. The standard InChI is InChI=1S/C18H27F3/c1-6-16(3,4)13-17(5,7-2)12-14-9-8-10-15(11-14)18(19,20)21/h8-11H,6-7,12-13H2,1-5H3. The number of hydrogen-bond acceptors (Lipinski definition) is 0. The van der Waals surface area contributed by atoms with Crippen LogP contribution in [0.2, 0.25) is 0 Å². The van der Waals surface area contributed by atoms with Crippen LogP contribution in [0.4, 0.5) is 13.2 Å². The number of benzene rings is 1. The van der Waals surface area contributed by atoms with Crippen molar-refractivity contribution in [1.29, 1.82) is 0 Å². The van der Waals surface area contributed by atoms with Crippen molar-refractivity contribution in [3.05, 3.63) is 35.4 Å². The van der Waals surface area contributed by atoms with Gasteiger partial charge in [-0.1, -0.05) is 65.7 Å². The second kappa shape index (κ2) is 6.41. The van der Waals surface area contributed by atoms with Crippen LogP contribution in [-0.2, 0) is 12.6 Å². The summed E-state index contributed by atoms with van der Waals surface area (Å²) >= 11 is 0. The summed E-state index contributed by atoms with van der Waals surface area (Å²) < 4.78 is 38.4. The lowest BCUT2D eigenvalue weighted by molar-refractivity contribution is -0.137. The number of hydrogen-bond donors (Lipinski definition) is 0. The Morgan fingerprint density at radius 2 is 1.57 bits per heavy atom. The van der Waals surface area contributed by atoms with Gasteiger partial charge in [-0.15, -0.1) is 0 Å². The van der Waals surface area contributed by atoms with Gasteiger partial charge < -0.3 is 0 Å². The second-order valence-electron chi connectivity index (χ2n) is 7.23. The van der Waals surface area contributed by atoms with E-state index in [9.17, 15) is 13.2 Å². The fourth-order valence-electron chi connectivity index (χ4n) is 2.94. The van der Waals surface area contributed by atoms with E-state index in [1.54, 1.807) is 0 Å². The quantitative estimate of drug-likeness (QED) is 0.563. The van der Waals surface area contributed by atoms with Crippen LogP contribution in [0.1, 0.15) is 65.0 Å². The number of halogens is 3. The molecule has 0 radical (unpaired) electrons. The highest BCUT2D eigenvalue weighted by atomic mass is 19.4. The zero-order valence-electron chi connectivity index (χ0n) is 13.8.